The van der Waals surface area contributed by atoms with Gasteiger partial charge in [-0.05, 0) is 53.3 Å². The number of anilines is 3. The Morgan fingerprint density at radius 3 is 2.68 bits per heavy atom. The Morgan fingerprint density at radius 1 is 1.05 bits per heavy atom. The second kappa shape index (κ2) is 10.1. The number of nitrogens with one attached hydrogen (secondary N) is 4. The lowest BCUT2D eigenvalue weighted by Crippen LogP contribution is -2.36. The summed E-state index contributed by atoms with van der Waals surface area (Å²) in [7, 11) is -2.19. The van der Waals surface area contributed by atoms with Gasteiger partial charge in [0, 0.05) is 38.1 Å². The van der Waals surface area contributed by atoms with Crippen molar-refractivity contribution in [2.45, 2.75) is 24.3 Å². The van der Waals surface area contributed by atoms with Crippen LogP contribution in [0.3, 0.4) is 0 Å². The fourth-order valence-corrected chi connectivity index (χ4v) is 5.98. The maximum Gasteiger partial charge on any atom is 0.321 e. The zero-order chi connectivity index (χ0) is 26.0. The first kappa shape index (κ1) is 24.6. The lowest BCUT2D eigenvalue weighted by Gasteiger charge is -2.28. The highest BCUT2D eigenvalue weighted by atomic mass is 32.2. The summed E-state index contributed by atoms with van der Waals surface area (Å²) in [5, 5.41) is 9.06. The highest BCUT2D eigenvalue weighted by Gasteiger charge is 2.27. The van der Waals surface area contributed by atoms with Gasteiger partial charge in [-0.3, -0.25) is 9.52 Å². The summed E-state index contributed by atoms with van der Waals surface area (Å²) in [6, 6.07) is 19.7. The van der Waals surface area contributed by atoms with E-state index >= 15 is 0 Å². The van der Waals surface area contributed by atoms with Crippen molar-refractivity contribution in [3.05, 3.63) is 83.4 Å². The molecule has 0 radical (unpaired) electrons. The molecular weight excluding hydrogens is 490 g/mol. The number of hydrogen-bond donors (Lipinski definition) is 4. The molecular formula is C27H29N5O4S. The van der Waals surface area contributed by atoms with Crippen LogP contribution in [0.25, 0.3) is 0 Å². The number of urea groups is 1. The number of fused-ring (bicyclic) bond motifs is 2. The number of rotatable bonds is 7. The van der Waals surface area contributed by atoms with Gasteiger partial charge >= 0.3 is 6.03 Å². The van der Waals surface area contributed by atoms with E-state index in [1.165, 1.54) is 4.90 Å². The van der Waals surface area contributed by atoms with Crippen LogP contribution in [-0.4, -0.2) is 45.4 Å². The van der Waals surface area contributed by atoms with E-state index in [4.69, 9.17) is 0 Å². The van der Waals surface area contributed by atoms with Crippen molar-refractivity contribution in [3.63, 3.8) is 0 Å². The predicted molar refractivity (Wildman–Crippen MR) is 143 cm³/mol. The number of benzene rings is 3. The van der Waals surface area contributed by atoms with Gasteiger partial charge in [0.1, 0.15) is 4.90 Å². The molecule has 1 unspecified atom stereocenters. The molecule has 2 aliphatic rings. The van der Waals surface area contributed by atoms with Crippen molar-refractivity contribution < 1.29 is 18.0 Å². The zero-order valence-electron chi connectivity index (χ0n) is 20.5. The molecule has 0 fully saturated rings. The van der Waals surface area contributed by atoms with Crippen LogP contribution in [0.1, 0.15) is 16.7 Å². The molecule has 3 aromatic carbocycles. The normalized spacial score (nSPS) is 16.6. The summed E-state index contributed by atoms with van der Waals surface area (Å²) in [5.74, 6) is 0.110. The molecule has 0 aromatic heterocycles. The van der Waals surface area contributed by atoms with Gasteiger partial charge in [-0.2, -0.15) is 0 Å². The van der Waals surface area contributed by atoms with Crippen molar-refractivity contribution in [3.8, 4) is 0 Å². The lowest BCUT2D eigenvalue weighted by molar-refractivity contribution is -0.120. The number of sulfonamides is 1. The van der Waals surface area contributed by atoms with Crippen molar-refractivity contribution in [2.24, 2.45) is 5.92 Å². The molecule has 3 aromatic rings. The number of para-hydroxylation sites is 1. The Balaban J connectivity index is 1.25. The van der Waals surface area contributed by atoms with E-state index in [1.54, 1.807) is 37.4 Å². The molecule has 0 saturated heterocycles. The molecule has 2 aliphatic heterocycles. The molecule has 0 bridgehead atoms. The van der Waals surface area contributed by atoms with Crippen LogP contribution >= 0.6 is 0 Å². The summed E-state index contributed by atoms with van der Waals surface area (Å²) in [6.07, 6.45) is 0.985. The van der Waals surface area contributed by atoms with Crippen LogP contribution in [0.15, 0.2) is 71.6 Å². The summed E-state index contributed by atoms with van der Waals surface area (Å²) >= 11 is 0. The predicted octanol–water partition coefficient (Wildman–Crippen LogP) is 3.41. The van der Waals surface area contributed by atoms with Crippen LogP contribution in [0.2, 0.25) is 0 Å². The zero-order valence-corrected chi connectivity index (χ0v) is 21.3. The van der Waals surface area contributed by atoms with Crippen molar-refractivity contribution >= 4 is 39.0 Å². The number of carbonyl (C=O) groups excluding carboxylic acids is 2. The van der Waals surface area contributed by atoms with Gasteiger partial charge in [0.25, 0.3) is 10.0 Å². The van der Waals surface area contributed by atoms with E-state index in [0.717, 1.165) is 16.7 Å². The maximum absolute atomic E-state index is 13.3. The molecule has 3 amide bonds. The molecule has 9 nitrogen and oxygen atoms in total. The van der Waals surface area contributed by atoms with Gasteiger partial charge in [-0.1, -0.05) is 42.5 Å². The first-order valence-corrected chi connectivity index (χ1v) is 13.6. The summed E-state index contributed by atoms with van der Waals surface area (Å²) in [5.41, 5.74) is 4.37. The third-order valence-electron chi connectivity index (χ3n) is 6.63. The average Bonchev–Trinajstić information content (AvgIpc) is 2.88. The SMILES string of the molecule is CN1Cc2cc(NS(=O)(=O)c3cccc4c3NCC(CNC(=O)Cc3ccccc3)C4)ccc2NC1=O. The fraction of sp³-hybridized carbons (Fsp3) is 0.259. The third-order valence-corrected chi connectivity index (χ3v) is 8.05. The van der Waals surface area contributed by atoms with Crippen molar-refractivity contribution in [1.82, 2.24) is 10.2 Å². The Morgan fingerprint density at radius 2 is 1.86 bits per heavy atom. The molecule has 2 heterocycles. The molecule has 0 saturated carbocycles. The minimum Gasteiger partial charge on any atom is -0.383 e. The summed E-state index contributed by atoms with van der Waals surface area (Å²) < 4.78 is 29.4. The van der Waals surface area contributed by atoms with E-state index in [-0.39, 0.29) is 22.8 Å². The molecule has 0 aliphatic carbocycles. The number of carbonyl (C=O) groups is 2. The first-order valence-electron chi connectivity index (χ1n) is 12.1. The van der Waals surface area contributed by atoms with Crippen molar-refractivity contribution in [1.29, 1.82) is 0 Å². The molecule has 5 rings (SSSR count). The molecule has 37 heavy (non-hydrogen) atoms. The average molecular weight is 520 g/mol. The van der Waals surface area contributed by atoms with E-state index in [0.29, 0.717) is 49.5 Å². The first-order chi connectivity index (χ1) is 17.8. The van der Waals surface area contributed by atoms with Crippen LogP contribution in [0.4, 0.5) is 21.9 Å². The van der Waals surface area contributed by atoms with Gasteiger partial charge in [0.05, 0.1) is 12.1 Å². The van der Waals surface area contributed by atoms with Gasteiger partial charge in [0.2, 0.25) is 5.91 Å². The molecule has 4 N–H and O–H groups in total. The number of nitrogens with zero attached hydrogens (tertiary/aromatic N) is 1. The van der Waals surface area contributed by atoms with Crippen LogP contribution in [0, 0.1) is 5.92 Å². The Kier molecular flexibility index (Phi) is 6.75. The molecule has 1 atom stereocenters. The third kappa shape index (κ3) is 5.54. The van der Waals surface area contributed by atoms with Crippen LogP contribution in [0.5, 0.6) is 0 Å². The number of hydrogen-bond acceptors (Lipinski definition) is 5. The Labute approximate surface area is 216 Å². The van der Waals surface area contributed by atoms with E-state index in [2.05, 4.69) is 20.7 Å². The quantitative estimate of drug-likeness (QED) is 0.381. The highest BCUT2D eigenvalue weighted by molar-refractivity contribution is 7.92. The minimum atomic E-state index is -3.87. The Hall–Kier alpha value is -4.05. The molecule has 0 spiro atoms. The van der Waals surface area contributed by atoms with Gasteiger partial charge in [-0.25, -0.2) is 13.2 Å². The minimum absolute atomic E-state index is 0.0339. The fourth-order valence-electron chi connectivity index (χ4n) is 4.71. The van der Waals surface area contributed by atoms with E-state index < -0.39 is 10.0 Å². The van der Waals surface area contributed by atoms with Crippen molar-refractivity contribution in [2.75, 3.05) is 35.5 Å². The second-order valence-electron chi connectivity index (χ2n) is 9.47. The lowest BCUT2D eigenvalue weighted by atomic mass is 9.94. The van der Waals surface area contributed by atoms with Gasteiger partial charge in [-0.15, -0.1) is 0 Å². The van der Waals surface area contributed by atoms with Gasteiger partial charge < -0.3 is 20.9 Å². The molecule has 10 heteroatoms. The van der Waals surface area contributed by atoms with Crippen LogP contribution in [-0.2, 0) is 34.2 Å². The monoisotopic (exact) mass is 519 g/mol. The van der Waals surface area contributed by atoms with E-state index in [1.807, 2.05) is 36.4 Å². The number of amides is 3. The Bertz CT molecular complexity index is 1440. The van der Waals surface area contributed by atoms with E-state index in [9.17, 15) is 18.0 Å². The molecule has 192 valence electrons. The maximum atomic E-state index is 13.3. The van der Waals surface area contributed by atoms with Crippen LogP contribution < -0.4 is 20.7 Å². The summed E-state index contributed by atoms with van der Waals surface area (Å²) in [6.45, 7) is 1.45. The topological polar surface area (TPSA) is 120 Å². The summed E-state index contributed by atoms with van der Waals surface area (Å²) in [4.78, 5) is 25.9. The smallest absolute Gasteiger partial charge is 0.321 e. The second-order valence-corrected chi connectivity index (χ2v) is 11.1. The highest BCUT2D eigenvalue weighted by Crippen LogP contribution is 2.33. The largest absolute Gasteiger partial charge is 0.383 e. The van der Waals surface area contributed by atoms with Gasteiger partial charge in [0.15, 0.2) is 0 Å². The standard InChI is InChI=1S/C27H29N5O4S/c1-32-17-21-14-22(10-11-23(21)30-27(32)34)31-37(35,36)24-9-5-8-20-12-19(16-29-26(20)24)15-28-25(33)13-18-6-3-2-4-7-18/h2-11,14,19,29,31H,12-13,15-17H2,1H3,(H,28,33)(H,30,34).